The molecule has 0 radical (unpaired) electrons. The van der Waals surface area contributed by atoms with Crippen molar-refractivity contribution in [2.75, 3.05) is 6.16 Å². The zero-order valence-corrected chi connectivity index (χ0v) is 19.5. The fourth-order valence-electron chi connectivity index (χ4n) is 2.85. The highest BCUT2D eigenvalue weighted by Crippen LogP contribution is 2.38. The number of nitrogens with zero attached hydrogens (tertiary/aromatic N) is 2. The Labute approximate surface area is 192 Å². The molecule has 3 rings (SSSR count). The molecule has 0 atom stereocenters. The second-order valence-corrected chi connectivity index (χ2v) is 10.1. The molecule has 0 unspecified atom stereocenters. The van der Waals surface area contributed by atoms with Crippen molar-refractivity contribution in [1.82, 2.24) is 0 Å². The van der Waals surface area contributed by atoms with E-state index in [9.17, 15) is 9.13 Å². The van der Waals surface area contributed by atoms with Crippen LogP contribution in [0.5, 0.6) is 0 Å². The average molecular weight is 507 g/mol. The van der Waals surface area contributed by atoms with Gasteiger partial charge in [-0.1, -0.05) is 12.1 Å². The maximum absolute atomic E-state index is 11.1. The van der Waals surface area contributed by atoms with Crippen molar-refractivity contribution in [2.45, 2.75) is 12.7 Å². The molecule has 0 amide bonds. The first kappa shape index (κ1) is 27.4. The molecule has 2 heterocycles. The minimum absolute atomic E-state index is 0. The van der Waals surface area contributed by atoms with E-state index in [1.54, 1.807) is 41.2 Å². The summed E-state index contributed by atoms with van der Waals surface area (Å²) in [6, 6.07) is 14.7. The highest BCUT2D eigenvalue weighted by atomic mass is 35.5. The number of hydrogen-bond acceptors (Lipinski definition) is 2. The van der Waals surface area contributed by atoms with Crippen molar-refractivity contribution >= 4 is 15.2 Å². The Morgan fingerprint density at radius 3 is 1.61 bits per heavy atom. The Morgan fingerprint density at radius 2 is 1.16 bits per heavy atom. The van der Waals surface area contributed by atoms with Gasteiger partial charge in [0.1, 0.15) is 6.16 Å². The Bertz CT molecular complexity index is 1070. The summed E-state index contributed by atoms with van der Waals surface area (Å²) in [4.78, 5) is 36.0. The molecule has 0 aliphatic carbocycles. The second kappa shape index (κ2) is 11.3. The Hall–Kier alpha value is -1.60. The fraction of sp³-hybridized carbons (Fsp3) is 0.158. The summed E-state index contributed by atoms with van der Waals surface area (Å²) in [5.41, 5.74) is 3.41. The molecular formula is C19H22Cl2N2O6P2. The van der Waals surface area contributed by atoms with Crippen LogP contribution in [0.2, 0.25) is 0 Å². The number of rotatable bonds is 7. The van der Waals surface area contributed by atoms with Crippen LogP contribution in [0.3, 0.4) is 0 Å². The Kier molecular flexibility index (Phi) is 10.0. The van der Waals surface area contributed by atoms with Crippen LogP contribution < -0.4 is 33.9 Å². The van der Waals surface area contributed by atoms with Gasteiger partial charge in [-0.2, -0.15) is 4.57 Å². The van der Waals surface area contributed by atoms with Gasteiger partial charge < -0.3 is 44.4 Å². The van der Waals surface area contributed by atoms with Gasteiger partial charge in [-0.15, -0.1) is 0 Å². The zero-order valence-electron chi connectivity index (χ0n) is 16.2. The molecule has 0 aliphatic rings. The van der Waals surface area contributed by atoms with Gasteiger partial charge in [0.15, 0.2) is 31.3 Å². The van der Waals surface area contributed by atoms with E-state index in [-0.39, 0.29) is 43.7 Å². The lowest BCUT2D eigenvalue weighted by molar-refractivity contribution is -0.692. The molecule has 0 saturated heterocycles. The molecule has 12 heteroatoms. The predicted molar refractivity (Wildman–Crippen MR) is 106 cm³/mol. The standard InChI is InChI=1S/C19H20N2O6P2.2ClH/c22-28(23,24)14-13-20-9-5-17(6-10-20)18-7-11-21(12-8-18)19-3-1-16(2-4-19)15-29(25,26)27;;/h1-12H,13-15H2,(H2-2,22,23,24,25,26,27);2*1H. The quantitative estimate of drug-likeness (QED) is 0.190. The number of benzene rings is 1. The van der Waals surface area contributed by atoms with Gasteiger partial charge in [0.2, 0.25) is 5.69 Å². The van der Waals surface area contributed by atoms with Crippen LogP contribution >= 0.6 is 15.2 Å². The van der Waals surface area contributed by atoms with Gasteiger partial charge in [-0.25, -0.2) is 4.57 Å². The SMILES string of the molecule is O=P(O)(O)CC[n+]1ccc(-c2cc[n+](-c3ccc(CP(=O)(O)O)cc3)cc2)cc1.[Cl-].[Cl-]. The minimum Gasteiger partial charge on any atom is -1.00 e. The highest BCUT2D eigenvalue weighted by molar-refractivity contribution is 7.51. The summed E-state index contributed by atoms with van der Waals surface area (Å²) < 4.78 is 25.7. The molecule has 8 nitrogen and oxygen atoms in total. The maximum Gasteiger partial charge on any atom is 0.331 e. The fourth-order valence-corrected chi connectivity index (χ4v) is 4.02. The molecule has 0 saturated carbocycles. The maximum atomic E-state index is 11.1. The first-order valence-corrected chi connectivity index (χ1v) is 12.4. The molecule has 0 fully saturated rings. The smallest absolute Gasteiger partial charge is 0.331 e. The molecule has 1 aromatic carbocycles. The van der Waals surface area contributed by atoms with Crippen molar-refractivity contribution < 1.29 is 62.7 Å². The van der Waals surface area contributed by atoms with Crippen molar-refractivity contribution in [3.8, 4) is 16.8 Å². The molecule has 0 bridgehead atoms. The van der Waals surface area contributed by atoms with E-state index in [0.717, 1.165) is 16.8 Å². The summed E-state index contributed by atoms with van der Waals surface area (Å²) in [6.07, 6.45) is 6.87. The van der Waals surface area contributed by atoms with Gasteiger partial charge >= 0.3 is 15.2 Å². The molecule has 0 aliphatic heterocycles. The average Bonchev–Trinajstić information content (AvgIpc) is 2.66. The van der Waals surface area contributed by atoms with Crippen molar-refractivity contribution in [3.63, 3.8) is 0 Å². The van der Waals surface area contributed by atoms with Gasteiger partial charge in [-0.3, -0.25) is 9.13 Å². The van der Waals surface area contributed by atoms with E-state index in [1.165, 1.54) is 0 Å². The van der Waals surface area contributed by atoms with E-state index in [1.807, 2.05) is 41.2 Å². The second-order valence-electron chi connectivity index (χ2n) is 6.70. The lowest BCUT2D eigenvalue weighted by atomic mass is 10.1. The van der Waals surface area contributed by atoms with E-state index in [0.29, 0.717) is 5.56 Å². The molecule has 168 valence electrons. The summed E-state index contributed by atoms with van der Waals surface area (Å²) in [6.45, 7) is 0.247. The Morgan fingerprint density at radius 1 is 0.677 bits per heavy atom. The predicted octanol–water partition coefficient (Wildman–Crippen LogP) is -4.22. The van der Waals surface area contributed by atoms with Crippen LogP contribution in [0, 0.1) is 0 Å². The largest absolute Gasteiger partial charge is 1.00 e. The molecular weight excluding hydrogens is 485 g/mol. The molecule has 31 heavy (non-hydrogen) atoms. The van der Waals surface area contributed by atoms with Gasteiger partial charge in [0, 0.05) is 36.4 Å². The summed E-state index contributed by atoms with van der Waals surface area (Å²) in [5, 5.41) is 0. The number of pyridine rings is 2. The summed E-state index contributed by atoms with van der Waals surface area (Å²) >= 11 is 0. The van der Waals surface area contributed by atoms with Crippen LogP contribution in [-0.4, -0.2) is 25.7 Å². The van der Waals surface area contributed by atoms with Crippen LogP contribution in [0.15, 0.2) is 73.3 Å². The van der Waals surface area contributed by atoms with Crippen molar-refractivity contribution in [2.24, 2.45) is 0 Å². The molecule has 4 N–H and O–H groups in total. The molecule has 3 aromatic rings. The van der Waals surface area contributed by atoms with E-state index in [2.05, 4.69) is 0 Å². The monoisotopic (exact) mass is 506 g/mol. The van der Waals surface area contributed by atoms with Crippen molar-refractivity contribution in [1.29, 1.82) is 0 Å². The van der Waals surface area contributed by atoms with Crippen LogP contribution in [-0.2, 0) is 21.8 Å². The minimum atomic E-state index is -4.08. The molecule has 0 spiro atoms. The third kappa shape index (κ3) is 8.81. The number of hydrogen-bond donors (Lipinski definition) is 4. The van der Waals surface area contributed by atoms with Gasteiger partial charge in [0.25, 0.3) is 0 Å². The number of aromatic nitrogens is 2. The van der Waals surface area contributed by atoms with Crippen LogP contribution in [0.4, 0.5) is 0 Å². The molecule has 2 aromatic heterocycles. The first-order chi connectivity index (χ1) is 13.6. The van der Waals surface area contributed by atoms with Gasteiger partial charge in [-0.05, 0) is 16.7 Å². The Balaban J connectivity index is 0.00000240. The first-order valence-electron chi connectivity index (χ1n) is 8.78. The lowest BCUT2D eigenvalue weighted by Crippen LogP contribution is -3.00. The van der Waals surface area contributed by atoms with E-state index in [4.69, 9.17) is 19.6 Å². The van der Waals surface area contributed by atoms with Gasteiger partial charge in [0.05, 0.1) is 6.16 Å². The summed E-state index contributed by atoms with van der Waals surface area (Å²) in [7, 11) is -8.09. The topological polar surface area (TPSA) is 123 Å². The summed E-state index contributed by atoms with van der Waals surface area (Å²) in [5.74, 6) is 0. The highest BCUT2D eigenvalue weighted by Gasteiger charge is 2.16. The third-order valence-electron chi connectivity index (χ3n) is 4.33. The third-order valence-corrected chi connectivity index (χ3v) is 5.89. The lowest BCUT2D eigenvalue weighted by Gasteiger charge is -2.04. The zero-order chi connectivity index (χ0) is 21.1. The van der Waals surface area contributed by atoms with E-state index < -0.39 is 15.2 Å². The van der Waals surface area contributed by atoms with Crippen LogP contribution in [0.25, 0.3) is 16.8 Å². The number of aryl methyl sites for hydroxylation is 1. The van der Waals surface area contributed by atoms with E-state index >= 15 is 0 Å². The van der Waals surface area contributed by atoms with Crippen LogP contribution in [0.1, 0.15) is 5.56 Å². The number of halogens is 2. The normalized spacial score (nSPS) is 11.4. The van der Waals surface area contributed by atoms with Crippen molar-refractivity contribution in [3.05, 3.63) is 78.9 Å².